The molecule has 1 aliphatic carbocycles. The zero-order valence-electron chi connectivity index (χ0n) is 13.5. The lowest BCUT2D eigenvalue weighted by molar-refractivity contribution is 0.304. The zero-order valence-corrected chi connectivity index (χ0v) is 14.4. The lowest BCUT2D eigenvalue weighted by Crippen LogP contribution is -2.39. The lowest BCUT2D eigenvalue weighted by Gasteiger charge is -2.30. The monoisotopic (exact) mass is 294 g/mol. The van der Waals surface area contributed by atoms with Crippen molar-refractivity contribution in [3.8, 4) is 0 Å². The van der Waals surface area contributed by atoms with E-state index in [0.29, 0.717) is 5.92 Å². The van der Waals surface area contributed by atoms with E-state index in [-0.39, 0.29) is 5.54 Å². The van der Waals surface area contributed by atoms with Crippen molar-refractivity contribution in [1.29, 1.82) is 0 Å². The van der Waals surface area contributed by atoms with Crippen molar-refractivity contribution in [3.63, 3.8) is 0 Å². The summed E-state index contributed by atoms with van der Waals surface area (Å²) in [5, 5.41) is 7.21. The molecule has 0 saturated heterocycles. The second-order valence-corrected chi connectivity index (χ2v) is 7.51. The molecular formula is C17H30N2S. The van der Waals surface area contributed by atoms with Gasteiger partial charge in [0, 0.05) is 5.38 Å². The highest BCUT2D eigenvalue weighted by Gasteiger charge is 2.35. The Labute approximate surface area is 128 Å². The van der Waals surface area contributed by atoms with Crippen LogP contribution in [-0.2, 0) is 5.54 Å². The van der Waals surface area contributed by atoms with Gasteiger partial charge in [0.15, 0.2) is 0 Å². The van der Waals surface area contributed by atoms with Gasteiger partial charge in [-0.2, -0.15) is 0 Å². The Morgan fingerprint density at radius 1 is 1.40 bits per heavy atom. The Bertz CT molecular complexity index is 413. The molecule has 114 valence electrons. The van der Waals surface area contributed by atoms with Crippen molar-refractivity contribution in [2.75, 3.05) is 7.05 Å². The molecule has 0 radical (unpaired) electrons. The van der Waals surface area contributed by atoms with E-state index >= 15 is 0 Å². The van der Waals surface area contributed by atoms with Gasteiger partial charge >= 0.3 is 0 Å². The standard InChI is InChI=1S/C17H30N2S/c1-5-7-14-8-6-10-17(18-4,11-9-14)16-19-15(12-20-16)13(2)3/h12-14,18H,5-11H2,1-4H3. The molecule has 2 atom stereocenters. The van der Waals surface area contributed by atoms with Gasteiger partial charge in [0.05, 0.1) is 11.2 Å². The Hall–Kier alpha value is -0.410. The topological polar surface area (TPSA) is 24.9 Å². The lowest BCUT2D eigenvalue weighted by atomic mass is 9.89. The molecule has 0 amide bonds. The third-order valence-electron chi connectivity index (χ3n) is 4.89. The van der Waals surface area contributed by atoms with Crippen molar-refractivity contribution >= 4 is 11.3 Å². The Morgan fingerprint density at radius 2 is 2.20 bits per heavy atom. The molecule has 0 aliphatic heterocycles. The summed E-state index contributed by atoms with van der Waals surface area (Å²) in [6.45, 7) is 6.77. The number of nitrogens with zero attached hydrogens (tertiary/aromatic N) is 1. The number of aromatic nitrogens is 1. The minimum Gasteiger partial charge on any atom is -0.308 e. The molecule has 1 saturated carbocycles. The average molecular weight is 295 g/mol. The van der Waals surface area contributed by atoms with Crippen LogP contribution in [0, 0.1) is 5.92 Å². The highest BCUT2D eigenvalue weighted by molar-refractivity contribution is 7.09. The second-order valence-electron chi connectivity index (χ2n) is 6.65. The predicted octanol–water partition coefficient (Wildman–Crippen LogP) is 5.06. The van der Waals surface area contributed by atoms with Gasteiger partial charge in [-0.1, -0.05) is 46.5 Å². The van der Waals surface area contributed by atoms with Gasteiger partial charge in [-0.3, -0.25) is 0 Å². The molecule has 0 bridgehead atoms. The normalized spacial score (nSPS) is 27.8. The van der Waals surface area contributed by atoms with E-state index in [9.17, 15) is 0 Å². The molecule has 2 unspecified atom stereocenters. The zero-order chi connectivity index (χ0) is 14.6. The van der Waals surface area contributed by atoms with Gasteiger partial charge in [-0.05, 0) is 38.1 Å². The smallest absolute Gasteiger partial charge is 0.113 e. The quantitative estimate of drug-likeness (QED) is 0.768. The minimum absolute atomic E-state index is 0.139. The second kappa shape index (κ2) is 7.04. The Kier molecular flexibility index (Phi) is 5.62. The third-order valence-corrected chi connectivity index (χ3v) is 5.96. The first-order valence-electron chi connectivity index (χ1n) is 8.26. The number of thiazole rings is 1. The molecule has 2 nitrogen and oxygen atoms in total. The largest absolute Gasteiger partial charge is 0.308 e. The van der Waals surface area contributed by atoms with Crippen LogP contribution in [0.15, 0.2) is 5.38 Å². The highest BCUT2D eigenvalue weighted by atomic mass is 32.1. The molecule has 1 heterocycles. The molecule has 1 aliphatic rings. The van der Waals surface area contributed by atoms with Crippen LogP contribution in [-0.4, -0.2) is 12.0 Å². The number of nitrogens with one attached hydrogen (secondary N) is 1. The average Bonchev–Trinajstić information content (AvgIpc) is 2.84. The first-order chi connectivity index (χ1) is 9.61. The van der Waals surface area contributed by atoms with Crippen LogP contribution >= 0.6 is 11.3 Å². The summed E-state index contributed by atoms with van der Waals surface area (Å²) in [5.74, 6) is 1.47. The van der Waals surface area contributed by atoms with Gasteiger partial charge < -0.3 is 5.32 Å². The van der Waals surface area contributed by atoms with Gasteiger partial charge in [0.2, 0.25) is 0 Å². The molecule has 0 aromatic carbocycles. The number of rotatable bonds is 5. The van der Waals surface area contributed by atoms with Crippen molar-refractivity contribution in [3.05, 3.63) is 16.1 Å². The highest BCUT2D eigenvalue weighted by Crippen LogP contribution is 2.40. The van der Waals surface area contributed by atoms with Crippen LogP contribution in [0.5, 0.6) is 0 Å². The molecular weight excluding hydrogens is 264 g/mol. The molecule has 20 heavy (non-hydrogen) atoms. The van der Waals surface area contributed by atoms with E-state index in [2.05, 4.69) is 38.5 Å². The van der Waals surface area contributed by atoms with Crippen LogP contribution in [0.1, 0.15) is 82.3 Å². The molecule has 3 heteroatoms. The summed E-state index contributed by atoms with van der Waals surface area (Å²) in [6.07, 6.45) is 9.31. The van der Waals surface area contributed by atoms with Crippen molar-refractivity contribution < 1.29 is 0 Å². The fourth-order valence-corrected chi connectivity index (χ4v) is 4.70. The maximum absolute atomic E-state index is 4.95. The van der Waals surface area contributed by atoms with Crippen molar-refractivity contribution in [2.45, 2.75) is 77.2 Å². The van der Waals surface area contributed by atoms with Crippen LogP contribution < -0.4 is 5.32 Å². The molecule has 0 spiro atoms. The Balaban J connectivity index is 2.15. The molecule has 1 aromatic heterocycles. The van der Waals surface area contributed by atoms with E-state index in [1.54, 1.807) is 0 Å². The summed E-state index contributed by atoms with van der Waals surface area (Å²) >= 11 is 1.86. The van der Waals surface area contributed by atoms with Gasteiger partial charge in [0.25, 0.3) is 0 Å². The van der Waals surface area contributed by atoms with Crippen molar-refractivity contribution in [2.24, 2.45) is 5.92 Å². The predicted molar refractivity (Wildman–Crippen MR) is 88.4 cm³/mol. The van der Waals surface area contributed by atoms with Gasteiger partial charge in [-0.25, -0.2) is 4.98 Å². The minimum atomic E-state index is 0.139. The summed E-state index contributed by atoms with van der Waals surface area (Å²) in [4.78, 5) is 4.95. The maximum Gasteiger partial charge on any atom is 0.113 e. The van der Waals surface area contributed by atoms with Crippen LogP contribution in [0.25, 0.3) is 0 Å². The SMILES string of the molecule is CCCC1CCCC(NC)(c2nc(C(C)C)cs2)CC1. The summed E-state index contributed by atoms with van der Waals surface area (Å²) in [7, 11) is 2.12. The first kappa shape index (κ1) is 16.0. The maximum atomic E-state index is 4.95. The third kappa shape index (κ3) is 3.43. The van der Waals surface area contributed by atoms with Crippen LogP contribution in [0.4, 0.5) is 0 Å². The number of hydrogen-bond donors (Lipinski definition) is 1. The fraction of sp³-hybridized carbons (Fsp3) is 0.824. The molecule has 1 N–H and O–H groups in total. The first-order valence-corrected chi connectivity index (χ1v) is 9.14. The van der Waals surface area contributed by atoms with E-state index in [1.165, 1.54) is 55.6 Å². The molecule has 1 fully saturated rings. The van der Waals surface area contributed by atoms with Gasteiger partial charge in [-0.15, -0.1) is 11.3 Å². The van der Waals surface area contributed by atoms with Crippen LogP contribution in [0.2, 0.25) is 0 Å². The van der Waals surface area contributed by atoms with E-state index in [0.717, 1.165) is 5.92 Å². The van der Waals surface area contributed by atoms with Crippen molar-refractivity contribution in [1.82, 2.24) is 10.3 Å². The summed E-state index contributed by atoms with van der Waals surface area (Å²) in [6, 6.07) is 0. The Morgan fingerprint density at radius 3 is 2.80 bits per heavy atom. The molecule has 2 rings (SSSR count). The van der Waals surface area contributed by atoms with Gasteiger partial charge in [0.1, 0.15) is 5.01 Å². The van der Waals surface area contributed by atoms with E-state index in [4.69, 9.17) is 4.98 Å². The summed E-state index contributed by atoms with van der Waals surface area (Å²) in [5.41, 5.74) is 1.40. The van der Waals surface area contributed by atoms with Crippen LogP contribution in [0.3, 0.4) is 0 Å². The van der Waals surface area contributed by atoms with E-state index in [1.807, 2.05) is 11.3 Å². The summed E-state index contributed by atoms with van der Waals surface area (Å²) < 4.78 is 0. The number of hydrogen-bond acceptors (Lipinski definition) is 3. The molecule has 1 aromatic rings. The fourth-order valence-electron chi connectivity index (χ4n) is 3.45. The van der Waals surface area contributed by atoms with E-state index < -0.39 is 0 Å².